The molecule has 1 atom stereocenters. The van der Waals surface area contributed by atoms with E-state index in [0.717, 1.165) is 12.0 Å². The molecule has 1 aromatic carbocycles. The van der Waals surface area contributed by atoms with Gasteiger partial charge in [-0.25, -0.2) is 0 Å². The van der Waals surface area contributed by atoms with Crippen molar-refractivity contribution in [3.8, 4) is 11.8 Å². The number of nitro groups is 1. The minimum atomic E-state index is -0.866. The number of hydrogen-bond acceptors (Lipinski definition) is 5. The summed E-state index contributed by atoms with van der Waals surface area (Å²) in [6.07, 6.45) is 0.891. The van der Waals surface area contributed by atoms with Gasteiger partial charge in [0.25, 0.3) is 0 Å². The number of ether oxygens (including phenoxy) is 1. The van der Waals surface area contributed by atoms with Crippen LogP contribution in [-0.2, 0) is 0 Å². The van der Waals surface area contributed by atoms with E-state index in [0.29, 0.717) is 6.54 Å². The van der Waals surface area contributed by atoms with Crippen LogP contribution < -0.4 is 10.1 Å². The second-order valence-corrected chi connectivity index (χ2v) is 4.89. The third kappa shape index (κ3) is 4.21. The number of aryl methyl sites for hydroxylation is 1. The smallest absolute Gasteiger partial charge is 0.311 e. The van der Waals surface area contributed by atoms with Gasteiger partial charge in [-0.3, -0.25) is 15.4 Å². The molecular formula is C14H19N3O3. The quantitative estimate of drug-likeness (QED) is 0.611. The van der Waals surface area contributed by atoms with E-state index in [1.165, 1.54) is 6.07 Å². The zero-order valence-electron chi connectivity index (χ0n) is 12.0. The number of rotatable bonds is 7. The number of nitrogens with zero attached hydrogens (tertiary/aromatic N) is 2. The summed E-state index contributed by atoms with van der Waals surface area (Å²) in [6, 6.07) is 6.90. The molecule has 0 heterocycles. The van der Waals surface area contributed by atoms with E-state index in [2.05, 4.69) is 11.4 Å². The van der Waals surface area contributed by atoms with Crippen LogP contribution in [0.5, 0.6) is 5.75 Å². The number of hydrogen-bond donors (Lipinski definition) is 1. The molecule has 0 fully saturated rings. The van der Waals surface area contributed by atoms with E-state index in [4.69, 9.17) is 4.74 Å². The van der Waals surface area contributed by atoms with Crippen molar-refractivity contribution in [1.82, 2.24) is 5.32 Å². The zero-order chi connectivity index (χ0) is 15.2. The Morgan fingerprint density at radius 3 is 2.80 bits per heavy atom. The Kier molecular flexibility index (Phi) is 5.47. The van der Waals surface area contributed by atoms with Crippen molar-refractivity contribution in [2.45, 2.75) is 32.7 Å². The van der Waals surface area contributed by atoms with E-state index >= 15 is 0 Å². The summed E-state index contributed by atoms with van der Waals surface area (Å²) < 4.78 is 5.48. The second kappa shape index (κ2) is 6.87. The van der Waals surface area contributed by atoms with Crippen molar-refractivity contribution in [2.75, 3.05) is 13.2 Å². The van der Waals surface area contributed by atoms with Gasteiger partial charge >= 0.3 is 5.69 Å². The molecule has 0 bridgehead atoms. The van der Waals surface area contributed by atoms with E-state index in [1.807, 2.05) is 6.92 Å². The van der Waals surface area contributed by atoms with Crippen LogP contribution >= 0.6 is 0 Å². The van der Waals surface area contributed by atoms with Crippen LogP contribution in [0.1, 0.15) is 25.8 Å². The molecule has 0 aliphatic heterocycles. The fourth-order valence-corrected chi connectivity index (χ4v) is 1.64. The van der Waals surface area contributed by atoms with Crippen molar-refractivity contribution in [1.29, 1.82) is 5.26 Å². The van der Waals surface area contributed by atoms with Gasteiger partial charge in [0.15, 0.2) is 5.75 Å². The Hall–Kier alpha value is -2.13. The minimum absolute atomic E-state index is 0.0490. The molecular weight excluding hydrogens is 258 g/mol. The first kappa shape index (κ1) is 15.9. The average Bonchev–Trinajstić information content (AvgIpc) is 2.43. The van der Waals surface area contributed by atoms with Crippen molar-refractivity contribution in [3.63, 3.8) is 0 Å². The molecule has 1 rings (SSSR count). The van der Waals surface area contributed by atoms with Crippen molar-refractivity contribution >= 4 is 5.69 Å². The van der Waals surface area contributed by atoms with E-state index < -0.39 is 10.5 Å². The highest BCUT2D eigenvalue weighted by molar-refractivity contribution is 5.48. The summed E-state index contributed by atoms with van der Waals surface area (Å²) in [6.45, 7) is 6.22. The average molecular weight is 277 g/mol. The zero-order valence-corrected chi connectivity index (χ0v) is 12.0. The molecule has 0 saturated carbocycles. The van der Waals surface area contributed by atoms with Crippen molar-refractivity contribution in [3.05, 3.63) is 33.9 Å². The van der Waals surface area contributed by atoms with Gasteiger partial charge in [0.1, 0.15) is 12.1 Å². The topological polar surface area (TPSA) is 88.2 Å². The SMILES string of the molecule is CCCNC(C)(C#N)COc1ccc(C)cc1[N+](=O)[O-]. The number of benzene rings is 1. The maximum atomic E-state index is 11.0. The van der Waals surface area contributed by atoms with Gasteiger partial charge in [-0.1, -0.05) is 13.0 Å². The summed E-state index contributed by atoms with van der Waals surface area (Å²) in [5.41, 5.74) is -0.161. The Bertz CT molecular complexity index is 525. The molecule has 6 nitrogen and oxygen atoms in total. The molecule has 0 saturated heterocycles. The van der Waals surface area contributed by atoms with Gasteiger partial charge < -0.3 is 4.74 Å². The molecule has 20 heavy (non-hydrogen) atoms. The second-order valence-electron chi connectivity index (χ2n) is 4.89. The first-order valence-corrected chi connectivity index (χ1v) is 6.46. The van der Waals surface area contributed by atoms with Gasteiger partial charge in [0, 0.05) is 6.07 Å². The number of nitro benzene ring substituents is 1. The molecule has 0 aromatic heterocycles. The normalized spacial score (nSPS) is 13.3. The van der Waals surface area contributed by atoms with Crippen LogP contribution in [0.3, 0.4) is 0 Å². The van der Waals surface area contributed by atoms with Gasteiger partial charge in [-0.05, 0) is 38.4 Å². The summed E-state index contributed by atoms with van der Waals surface area (Å²) in [4.78, 5) is 10.5. The lowest BCUT2D eigenvalue weighted by atomic mass is 10.1. The molecule has 0 amide bonds. The maximum absolute atomic E-state index is 11.0. The molecule has 1 unspecified atom stereocenters. The summed E-state index contributed by atoms with van der Waals surface area (Å²) in [5, 5.41) is 23.2. The first-order valence-electron chi connectivity index (χ1n) is 6.46. The van der Waals surface area contributed by atoms with Crippen LogP contribution in [0.2, 0.25) is 0 Å². The van der Waals surface area contributed by atoms with Crippen LogP contribution in [0.15, 0.2) is 18.2 Å². The lowest BCUT2D eigenvalue weighted by Gasteiger charge is -2.23. The molecule has 0 aliphatic carbocycles. The Morgan fingerprint density at radius 2 is 2.25 bits per heavy atom. The summed E-state index contributed by atoms with van der Waals surface area (Å²) >= 11 is 0. The summed E-state index contributed by atoms with van der Waals surface area (Å²) in [7, 11) is 0. The summed E-state index contributed by atoms with van der Waals surface area (Å²) in [5.74, 6) is 0.181. The highest BCUT2D eigenvalue weighted by Crippen LogP contribution is 2.28. The highest BCUT2D eigenvalue weighted by Gasteiger charge is 2.25. The van der Waals surface area contributed by atoms with Crippen LogP contribution in [-0.4, -0.2) is 23.6 Å². The maximum Gasteiger partial charge on any atom is 0.311 e. The first-order chi connectivity index (χ1) is 9.41. The predicted octanol–water partition coefficient (Wildman–Crippen LogP) is 2.56. The fraction of sp³-hybridized carbons (Fsp3) is 0.500. The van der Waals surface area contributed by atoms with E-state index in [9.17, 15) is 15.4 Å². The predicted molar refractivity (Wildman–Crippen MR) is 75.6 cm³/mol. The molecule has 1 N–H and O–H groups in total. The highest BCUT2D eigenvalue weighted by atomic mass is 16.6. The Labute approximate surface area is 118 Å². The lowest BCUT2D eigenvalue weighted by molar-refractivity contribution is -0.385. The third-order valence-electron chi connectivity index (χ3n) is 2.84. The fourth-order valence-electron chi connectivity index (χ4n) is 1.64. The van der Waals surface area contributed by atoms with Gasteiger partial charge in [0.05, 0.1) is 11.0 Å². The largest absolute Gasteiger partial charge is 0.484 e. The van der Waals surface area contributed by atoms with Gasteiger partial charge in [-0.15, -0.1) is 0 Å². The van der Waals surface area contributed by atoms with Crippen molar-refractivity contribution < 1.29 is 9.66 Å². The monoisotopic (exact) mass is 277 g/mol. The van der Waals surface area contributed by atoms with Crippen LogP contribution in [0.4, 0.5) is 5.69 Å². The minimum Gasteiger partial charge on any atom is -0.484 e. The van der Waals surface area contributed by atoms with Crippen molar-refractivity contribution in [2.24, 2.45) is 0 Å². The molecule has 0 radical (unpaired) electrons. The van der Waals surface area contributed by atoms with Gasteiger partial charge in [-0.2, -0.15) is 5.26 Å². The van der Waals surface area contributed by atoms with E-state index in [1.54, 1.807) is 26.0 Å². The van der Waals surface area contributed by atoms with Crippen LogP contribution in [0, 0.1) is 28.4 Å². The molecule has 1 aromatic rings. The van der Waals surface area contributed by atoms with E-state index in [-0.39, 0.29) is 18.0 Å². The Morgan fingerprint density at radius 1 is 1.55 bits per heavy atom. The number of nitriles is 1. The number of nitrogens with one attached hydrogen (secondary N) is 1. The Balaban J connectivity index is 2.84. The standard InChI is InChI=1S/C14H19N3O3/c1-4-7-16-14(3,9-15)10-20-13-6-5-11(2)8-12(13)17(18)19/h5-6,8,16H,4,7,10H2,1-3H3. The molecule has 108 valence electrons. The third-order valence-corrected chi connectivity index (χ3v) is 2.84. The molecule has 6 heteroatoms. The van der Waals surface area contributed by atoms with Gasteiger partial charge in [0.2, 0.25) is 0 Å². The molecule has 0 spiro atoms. The van der Waals surface area contributed by atoms with Crippen LogP contribution in [0.25, 0.3) is 0 Å². The lowest BCUT2D eigenvalue weighted by Crippen LogP contribution is -2.46. The molecule has 0 aliphatic rings.